The first kappa shape index (κ1) is 14.4. The van der Waals surface area contributed by atoms with Crippen LogP contribution in [0.5, 0.6) is 17.2 Å². The molecule has 2 aromatic carbocycles. The second kappa shape index (κ2) is 5.45. The van der Waals surface area contributed by atoms with Crippen molar-refractivity contribution < 1.29 is 14.2 Å². The highest BCUT2D eigenvalue weighted by Gasteiger charge is 2.29. The lowest BCUT2D eigenvalue weighted by Gasteiger charge is -2.15. The molecule has 122 valence electrons. The van der Waals surface area contributed by atoms with Crippen molar-refractivity contribution >= 4 is 22.7 Å². The third-order valence-corrected chi connectivity index (χ3v) is 3.95. The van der Waals surface area contributed by atoms with Crippen LogP contribution < -0.4 is 25.7 Å². The number of nitrogens with zero attached hydrogens (tertiary/aromatic N) is 2. The zero-order chi connectivity index (χ0) is 16.7. The average Bonchev–Trinajstić information content (AvgIpc) is 2.97. The minimum Gasteiger partial charge on any atom is -0.493 e. The number of hydrogen-bond donors (Lipinski definition) is 2. The van der Waals surface area contributed by atoms with Crippen molar-refractivity contribution in [2.75, 3.05) is 25.2 Å². The van der Waals surface area contributed by atoms with Crippen molar-refractivity contribution in [3.63, 3.8) is 0 Å². The molecule has 0 fully saturated rings. The highest BCUT2D eigenvalue weighted by molar-refractivity contribution is 5.94. The van der Waals surface area contributed by atoms with Crippen molar-refractivity contribution in [3.8, 4) is 17.2 Å². The van der Waals surface area contributed by atoms with Gasteiger partial charge in [0.05, 0.1) is 18.0 Å². The zero-order valence-electron chi connectivity index (χ0n) is 13.0. The summed E-state index contributed by atoms with van der Waals surface area (Å²) in [7, 11) is 1.61. The van der Waals surface area contributed by atoms with E-state index in [1.54, 1.807) is 7.11 Å². The van der Waals surface area contributed by atoms with Crippen LogP contribution in [0.4, 0.5) is 11.8 Å². The van der Waals surface area contributed by atoms with Crippen LogP contribution in [0, 0.1) is 0 Å². The predicted molar refractivity (Wildman–Crippen MR) is 90.2 cm³/mol. The maximum absolute atomic E-state index is 6.15. The standard InChI is InChI=1S/C17H16N4O3/c1-22-12-7-2-4-9-13(8-23-15(9)12)24-11-6-3-5-10-14(11)16(18)21-17(19)20-10/h2-7,13H,8H2,1H3,(H4,18,19,20,21). The Morgan fingerprint density at radius 3 is 2.71 bits per heavy atom. The van der Waals surface area contributed by atoms with E-state index in [2.05, 4.69) is 9.97 Å². The summed E-state index contributed by atoms with van der Waals surface area (Å²) >= 11 is 0. The normalized spacial score (nSPS) is 15.8. The van der Waals surface area contributed by atoms with Crippen LogP contribution in [0.2, 0.25) is 0 Å². The summed E-state index contributed by atoms with van der Waals surface area (Å²) in [6.45, 7) is 0.391. The Kier molecular flexibility index (Phi) is 3.26. The Morgan fingerprint density at radius 2 is 1.88 bits per heavy atom. The van der Waals surface area contributed by atoms with Crippen LogP contribution in [-0.2, 0) is 0 Å². The van der Waals surface area contributed by atoms with Gasteiger partial charge in [-0.05, 0) is 18.2 Å². The third kappa shape index (κ3) is 2.21. The molecule has 3 aromatic rings. The second-order valence-corrected chi connectivity index (χ2v) is 5.41. The summed E-state index contributed by atoms with van der Waals surface area (Å²) in [5.41, 5.74) is 13.2. The van der Waals surface area contributed by atoms with Crippen LogP contribution >= 0.6 is 0 Å². The molecule has 0 saturated heterocycles. The fraction of sp³-hybridized carbons (Fsp3) is 0.176. The lowest BCUT2D eigenvalue weighted by molar-refractivity contribution is 0.164. The van der Waals surface area contributed by atoms with Gasteiger partial charge in [0.25, 0.3) is 0 Å². The smallest absolute Gasteiger partial charge is 0.222 e. The molecular weight excluding hydrogens is 308 g/mol. The molecule has 7 nitrogen and oxygen atoms in total. The topological polar surface area (TPSA) is 106 Å². The lowest BCUT2D eigenvalue weighted by atomic mass is 10.1. The highest BCUT2D eigenvalue weighted by atomic mass is 16.6. The number of methoxy groups -OCH3 is 1. The SMILES string of the molecule is COc1cccc2c1OCC2Oc1cccc2nc(N)nc(N)c12. The molecule has 1 aliphatic heterocycles. The Hall–Kier alpha value is -3.22. The molecule has 2 heterocycles. The summed E-state index contributed by atoms with van der Waals surface area (Å²) in [6, 6.07) is 11.2. The molecule has 1 aliphatic rings. The van der Waals surface area contributed by atoms with Gasteiger partial charge in [-0.2, -0.15) is 4.98 Å². The van der Waals surface area contributed by atoms with Crippen LogP contribution in [0.3, 0.4) is 0 Å². The molecule has 0 bridgehead atoms. The van der Waals surface area contributed by atoms with E-state index in [1.165, 1.54) is 0 Å². The first-order valence-corrected chi connectivity index (χ1v) is 7.45. The third-order valence-electron chi connectivity index (χ3n) is 3.95. The highest BCUT2D eigenvalue weighted by Crippen LogP contribution is 2.43. The van der Waals surface area contributed by atoms with Crippen molar-refractivity contribution in [2.24, 2.45) is 0 Å². The molecular formula is C17H16N4O3. The Balaban J connectivity index is 1.75. The van der Waals surface area contributed by atoms with Gasteiger partial charge in [0.1, 0.15) is 18.2 Å². The van der Waals surface area contributed by atoms with Gasteiger partial charge < -0.3 is 25.7 Å². The number of para-hydroxylation sites is 1. The van der Waals surface area contributed by atoms with Gasteiger partial charge in [0, 0.05) is 5.56 Å². The van der Waals surface area contributed by atoms with E-state index in [4.69, 9.17) is 25.7 Å². The van der Waals surface area contributed by atoms with Crippen LogP contribution in [-0.4, -0.2) is 23.7 Å². The second-order valence-electron chi connectivity index (χ2n) is 5.41. The van der Waals surface area contributed by atoms with Gasteiger partial charge in [-0.25, -0.2) is 4.98 Å². The van der Waals surface area contributed by atoms with Crippen molar-refractivity contribution in [1.82, 2.24) is 9.97 Å². The molecule has 4 N–H and O–H groups in total. The summed E-state index contributed by atoms with van der Waals surface area (Å²) in [4.78, 5) is 8.22. The average molecular weight is 324 g/mol. The van der Waals surface area contributed by atoms with E-state index in [0.717, 1.165) is 5.56 Å². The van der Waals surface area contributed by atoms with Gasteiger partial charge in [-0.3, -0.25) is 0 Å². The van der Waals surface area contributed by atoms with Gasteiger partial charge in [-0.15, -0.1) is 0 Å². The Morgan fingerprint density at radius 1 is 1.08 bits per heavy atom. The summed E-state index contributed by atoms with van der Waals surface area (Å²) in [5, 5.41) is 0.642. The summed E-state index contributed by atoms with van der Waals surface area (Å²) in [5.74, 6) is 2.41. The molecule has 1 aromatic heterocycles. The maximum atomic E-state index is 6.15. The lowest BCUT2D eigenvalue weighted by Crippen LogP contribution is -2.10. The molecule has 7 heteroatoms. The fourth-order valence-electron chi connectivity index (χ4n) is 2.90. The van der Waals surface area contributed by atoms with Crippen molar-refractivity contribution in [2.45, 2.75) is 6.10 Å². The first-order valence-electron chi connectivity index (χ1n) is 7.45. The molecule has 0 amide bonds. The summed E-state index contributed by atoms with van der Waals surface area (Å²) < 4.78 is 17.2. The van der Waals surface area contributed by atoms with Gasteiger partial charge in [-0.1, -0.05) is 18.2 Å². The monoisotopic (exact) mass is 324 g/mol. The minimum atomic E-state index is -0.266. The number of hydrogen-bond acceptors (Lipinski definition) is 7. The number of anilines is 2. The van der Waals surface area contributed by atoms with Gasteiger partial charge in [0.15, 0.2) is 17.6 Å². The van der Waals surface area contributed by atoms with Gasteiger partial charge in [0.2, 0.25) is 5.95 Å². The first-order chi connectivity index (χ1) is 11.7. The molecule has 1 atom stereocenters. The number of ether oxygens (including phenoxy) is 3. The molecule has 0 saturated carbocycles. The number of nitrogen functional groups attached to an aromatic ring is 2. The van der Waals surface area contributed by atoms with E-state index in [9.17, 15) is 0 Å². The quantitative estimate of drug-likeness (QED) is 0.761. The fourth-order valence-corrected chi connectivity index (χ4v) is 2.90. The maximum Gasteiger partial charge on any atom is 0.222 e. The van der Waals surface area contributed by atoms with E-state index in [0.29, 0.717) is 34.8 Å². The van der Waals surface area contributed by atoms with Crippen LogP contribution in [0.1, 0.15) is 11.7 Å². The minimum absolute atomic E-state index is 0.136. The molecule has 0 radical (unpaired) electrons. The van der Waals surface area contributed by atoms with E-state index in [1.807, 2.05) is 36.4 Å². The van der Waals surface area contributed by atoms with Crippen LogP contribution in [0.15, 0.2) is 36.4 Å². The Bertz CT molecular complexity index is 929. The zero-order valence-corrected chi connectivity index (χ0v) is 13.0. The van der Waals surface area contributed by atoms with Crippen molar-refractivity contribution in [3.05, 3.63) is 42.0 Å². The predicted octanol–water partition coefficient (Wildman–Crippen LogP) is 2.32. The van der Waals surface area contributed by atoms with E-state index >= 15 is 0 Å². The number of rotatable bonds is 3. The number of benzene rings is 2. The van der Waals surface area contributed by atoms with E-state index in [-0.39, 0.29) is 17.9 Å². The Labute approximate surface area is 138 Å². The van der Waals surface area contributed by atoms with Crippen LogP contribution in [0.25, 0.3) is 10.9 Å². The molecule has 0 spiro atoms. The largest absolute Gasteiger partial charge is 0.493 e. The molecule has 24 heavy (non-hydrogen) atoms. The molecule has 0 aliphatic carbocycles. The van der Waals surface area contributed by atoms with Gasteiger partial charge >= 0.3 is 0 Å². The summed E-state index contributed by atoms with van der Waals surface area (Å²) in [6.07, 6.45) is -0.266. The van der Waals surface area contributed by atoms with Crippen molar-refractivity contribution in [1.29, 1.82) is 0 Å². The number of nitrogens with two attached hydrogens (primary N) is 2. The molecule has 4 rings (SSSR count). The molecule has 1 unspecified atom stereocenters. The number of fused-ring (bicyclic) bond motifs is 2. The van der Waals surface area contributed by atoms with E-state index < -0.39 is 0 Å². The number of aromatic nitrogens is 2.